The van der Waals surface area contributed by atoms with Crippen LogP contribution in [0.3, 0.4) is 0 Å². The van der Waals surface area contributed by atoms with Gasteiger partial charge in [-0.25, -0.2) is 13.1 Å². The number of anilines is 1. The van der Waals surface area contributed by atoms with Gasteiger partial charge < -0.3 is 29.7 Å². The number of carbonyl (C=O) groups excluding carboxylic acids is 1. The smallest absolute Gasteiger partial charge is 0.247 e. The number of likely N-dealkylation sites (tertiary alicyclic amines) is 1. The van der Waals surface area contributed by atoms with E-state index in [1.165, 1.54) is 0 Å². The molecule has 3 heterocycles. The molecule has 4 atom stereocenters. The Balaban J connectivity index is 1.000. The summed E-state index contributed by atoms with van der Waals surface area (Å²) < 4.78 is 42.3. The molecule has 8 rings (SSSR count). The Morgan fingerprint density at radius 1 is 0.804 bits per heavy atom. The van der Waals surface area contributed by atoms with Crippen LogP contribution >= 0.6 is 0 Å². The number of ether oxygens (including phenoxy) is 2. The van der Waals surface area contributed by atoms with E-state index in [1.54, 1.807) is 30.3 Å². The van der Waals surface area contributed by atoms with Crippen molar-refractivity contribution in [3.05, 3.63) is 156 Å². The monoisotopic (exact) mass is 772 g/mol. The summed E-state index contributed by atoms with van der Waals surface area (Å²) in [5.41, 5.74) is 5.97. The second-order valence-corrected chi connectivity index (χ2v) is 16.8. The summed E-state index contributed by atoms with van der Waals surface area (Å²) in [6, 6.07) is 42.4. The average molecular weight is 773 g/mol. The molecule has 0 bridgehead atoms. The topological polar surface area (TPSA) is 120 Å². The molecule has 0 aliphatic carbocycles. The van der Waals surface area contributed by atoms with E-state index in [0.717, 1.165) is 65.0 Å². The number of hydrogen-bond donors (Lipinski definition) is 3. The van der Waals surface area contributed by atoms with Gasteiger partial charge in [-0.1, -0.05) is 116 Å². The van der Waals surface area contributed by atoms with Crippen molar-refractivity contribution in [1.82, 2.24) is 14.9 Å². The van der Waals surface area contributed by atoms with Gasteiger partial charge in [-0.3, -0.25) is 4.79 Å². The van der Waals surface area contributed by atoms with Gasteiger partial charge in [0.2, 0.25) is 15.9 Å². The largest absolute Gasteiger partial charge is 0.392 e. The van der Waals surface area contributed by atoms with Gasteiger partial charge in [-0.05, 0) is 64.9 Å². The van der Waals surface area contributed by atoms with Gasteiger partial charge in [-0.15, -0.1) is 0 Å². The summed E-state index contributed by atoms with van der Waals surface area (Å²) in [7, 11) is -3.67. The van der Waals surface area contributed by atoms with Gasteiger partial charge in [0.25, 0.3) is 0 Å². The summed E-state index contributed by atoms with van der Waals surface area (Å²) in [6.45, 7) is 5.02. The first-order valence-electron chi connectivity index (χ1n) is 19.3. The summed E-state index contributed by atoms with van der Waals surface area (Å²) in [5.74, 6) is 0.117. The van der Waals surface area contributed by atoms with Crippen LogP contribution < -0.4 is 14.9 Å². The predicted molar refractivity (Wildman–Crippen MR) is 216 cm³/mol. The zero-order chi connectivity index (χ0) is 38.7. The van der Waals surface area contributed by atoms with Crippen molar-refractivity contribution in [2.75, 3.05) is 31.2 Å². The molecular weight excluding hydrogens is 725 g/mol. The lowest BCUT2D eigenvalue weighted by molar-refractivity contribution is -0.276. The lowest BCUT2D eigenvalue weighted by Crippen LogP contribution is -2.57. The maximum Gasteiger partial charge on any atom is 0.247 e. The maximum atomic E-state index is 13.3. The maximum absolute atomic E-state index is 13.3. The number of amides is 1. The molecule has 3 aliphatic rings. The molecule has 0 radical (unpaired) electrons. The Kier molecular flexibility index (Phi) is 11.1. The van der Waals surface area contributed by atoms with Gasteiger partial charge in [0, 0.05) is 43.3 Å². The zero-order valence-electron chi connectivity index (χ0n) is 31.5. The molecule has 3 saturated heterocycles. The highest BCUT2D eigenvalue weighted by atomic mass is 32.2. The van der Waals surface area contributed by atoms with E-state index >= 15 is 0 Å². The Hall–Kier alpha value is -4.88. The molecule has 3 aliphatic heterocycles. The highest BCUT2D eigenvalue weighted by molar-refractivity contribution is 7.89. The molecule has 1 amide bonds. The molecule has 3 fully saturated rings. The van der Waals surface area contributed by atoms with E-state index < -0.39 is 21.9 Å². The van der Waals surface area contributed by atoms with Crippen molar-refractivity contribution in [3.63, 3.8) is 0 Å². The van der Waals surface area contributed by atoms with Crippen molar-refractivity contribution < 1.29 is 27.8 Å². The SMILES string of the molecule is CC1C(CN2CCC3(CC2)C(=O)NCN3c2ccccc2)OC(c2ccc(-c3ccccc3CNS(=O)(=O)c3ccccc3)cc2)OC1c1ccc(CO)cc1. The van der Waals surface area contributed by atoms with Crippen LogP contribution in [-0.2, 0) is 37.4 Å². The van der Waals surface area contributed by atoms with Crippen LogP contribution in [0, 0.1) is 5.92 Å². The summed E-state index contributed by atoms with van der Waals surface area (Å²) in [5, 5.41) is 12.8. The third kappa shape index (κ3) is 7.75. The highest BCUT2D eigenvalue weighted by Crippen LogP contribution is 2.43. The molecule has 5 aromatic carbocycles. The van der Waals surface area contributed by atoms with E-state index in [2.05, 4.69) is 38.9 Å². The molecule has 1 spiro atoms. The molecule has 10 nitrogen and oxygen atoms in total. The van der Waals surface area contributed by atoms with Gasteiger partial charge >= 0.3 is 0 Å². The minimum Gasteiger partial charge on any atom is -0.392 e. The van der Waals surface area contributed by atoms with E-state index in [9.17, 15) is 18.3 Å². The van der Waals surface area contributed by atoms with Crippen LogP contribution in [0.1, 0.15) is 54.4 Å². The first-order chi connectivity index (χ1) is 27.2. The molecule has 5 aromatic rings. The fraction of sp³-hybridized carbons (Fsp3) is 0.311. The first-order valence-corrected chi connectivity index (χ1v) is 20.8. The fourth-order valence-corrected chi connectivity index (χ4v) is 9.38. The van der Waals surface area contributed by atoms with Crippen LogP contribution in [0.4, 0.5) is 5.69 Å². The van der Waals surface area contributed by atoms with Crippen molar-refractivity contribution in [2.45, 2.75) is 61.8 Å². The Morgan fingerprint density at radius 3 is 2.14 bits per heavy atom. The minimum absolute atomic E-state index is 0.0172. The van der Waals surface area contributed by atoms with E-state index in [0.29, 0.717) is 13.2 Å². The Labute approximate surface area is 329 Å². The highest BCUT2D eigenvalue weighted by Gasteiger charge is 2.51. The van der Waals surface area contributed by atoms with Crippen molar-refractivity contribution in [1.29, 1.82) is 0 Å². The number of carbonyl (C=O) groups is 1. The van der Waals surface area contributed by atoms with Crippen LogP contribution in [0.5, 0.6) is 0 Å². The summed E-state index contributed by atoms with van der Waals surface area (Å²) in [4.78, 5) is 18.2. The lowest BCUT2D eigenvalue weighted by Gasteiger charge is -2.46. The fourth-order valence-electron chi connectivity index (χ4n) is 8.35. The number of nitrogens with one attached hydrogen (secondary N) is 2. The number of sulfonamides is 1. The second kappa shape index (κ2) is 16.3. The van der Waals surface area contributed by atoms with Gasteiger partial charge in [0.1, 0.15) is 5.54 Å². The molecular formula is C45H48N4O6S. The van der Waals surface area contributed by atoms with Crippen molar-refractivity contribution in [3.8, 4) is 11.1 Å². The van der Waals surface area contributed by atoms with Crippen LogP contribution in [0.2, 0.25) is 0 Å². The number of aliphatic hydroxyl groups is 1. The Morgan fingerprint density at radius 2 is 1.45 bits per heavy atom. The van der Waals surface area contributed by atoms with Gasteiger partial charge in [-0.2, -0.15) is 0 Å². The van der Waals surface area contributed by atoms with Gasteiger partial charge in [0.15, 0.2) is 6.29 Å². The molecule has 56 heavy (non-hydrogen) atoms. The third-order valence-corrected chi connectivity index (χ3v) is 13.1. The molecule has 11 heteroatoms. The standard InChI is InChI=1S/C45H48N4O6S/c1-32-41(29-48-26-24-45(25-27-48)44(51)46-31-49(45)38-11-4-2-5-12-38)54-43(55-42(32)35-18-16-33(30-50)17-19-35)36-22-20-34(21-23-36)40-15-9-8-10-37(40)28-47-56(52,53)39-13-6-3-7-14-39/h2-23,32,41-43,47,50H,24-31H2,1H3,(H,46,51). The number of nitrogens with zero attached hydrogens (tertiary/aromatic N) is 2. The molecule has 3 N–H and O–H groups in total. The van der Waals surface area contributed by atoms with Gasteiger partial charge in [0.05, 0.1) is 30.4 Å². The zero-order valence-corrected chi connectivity index (χ0v) is 32.3. The number of benzene rings is 5. The summed E-state index contributed by atoms with van der Waals surface area (Å²) in [6.07, 6.45) is 0.390. The number of para-hydroxylation sites is 1. The molecule has 0 saturated carbocycles. The first kappa shape index (κ1) is 38.0. The van der Waals surface area contributed by atoms with Crippen LogP contribution in [0.15, 0.2) is 138 Å². The van der Waals surface area contributed by atoms with E-state index in [1.807, 2.05) is 91.0 Å². The minimum atomic E-state index is -3.67. The van der Waals surface area contributed by atoms with Crippen LogP contribution in [0.25, 0.3) is 11.1 Å². The predicted octanol–water partition coefficient (Wildman–Crippen LogP) is 6.54. The number of aliphatic hydroxyl groups excluding tert-OH is 1. The normalized spacial score (nSPS) is 22.6. The summed E-state index contributed by atoms with van der Waals surface area (Å²) >= 11 is 0. The number of rotatable bonds is 11. The average Bonchev–Trinajstić information content (AvgIpc) is 3.56. The third-order valence-electron chi connectivity index (χ3n) is 11.7. The lowest BCUT2D eigenvalue weighted by atomic mass is 9.84. The molecule has 0 aromatic heterocycles. The number of hydrogen-bond acceptors (Lipinski definition) is 8. The quantitative estimate of drug-likeness (QED) is 0.139. The van der Waals surface area contributed by atoms with E-state index in [4.69, 9.17) is 9.47 Å². The van der Waals surface area contributed by atoms with Crippen molar-refractivity contribution >= 4 is 21.6 Å². The molecule has 290 valence electrons. The second-order valence-electron chi connectivity index (χ2n) is 15.0. The Bertz CT molecular complexity index is 2210. The van der Waals surface area contributed by atoms with Crippen molar-refractivity contribution in [2.24, 2.45) is 5.92 Å². The van der Waals surface area contributed by atoms with E-state index in [-0.39, 0.29) is 42.1 Å². The molecule has 4 unspecified atom stereocenters. The number of piperidine rings is 1. The van der Waals surface area contributed by atoms with Crippen LogP contribution in [-0.4, -0.2) is 62.3 Å².